The van der Waals surface area contributed by atoms with E-state index in [4.69, 9.17) is 5.26 Å². The highest BCUT2D eigenvalue weighted by Gasteiger charge is 2.00. The zero-order valence-corrected chi connectivity index (χ0v) is 13.1. The van der Waals surface area contributed by atoms with Crippen molar-refractivity contribution in [2.45, 2.75) is 6.42 Å². The maximum Gasteiger partial charge on any atom is 0.116 e. The molecule has 1 aromatic rings. The monoisotopic (exact) mass is 301 g/mol. The quantitative estimate of drug-likeness (QED) is 0.737. The number of azo groups is 1. The first-order valence-electron chi connectivity index (χ1n) is 6.45. The Bertz CT molecular complexity index is 542. The van der Waals surface area contributed by atoms with Crippen molar-refractivity contribution in [3.63, 3.8) is 0 Å². The molecule has 21 heavy (non-hydrogen) atoms. The fourth-order valence-electron chi connectivity index (χ4n) is 1.44. The third kappa shape index (κ3) is 6.63. The maximum atomic E-state index is 8.58. The van der Waals surface area contributed by atoms with E-state index in [2.05, 4.69) is 28.2 Å². The van der Waals surface area contributed by atoms with Gasteiger partial charge in [0.15, 0.2) is 0 Å². The summed E-state index contributed by atoms with van der Waals surface area (Å²) in [6.07, 6.45) is 2.31. The average Bonchev–Trinajstić information content (AvgIpc) is 2.51. The summed E-state index contributed by atoms with van der Waals surface area (Å²) in [6, 6.07) is 9.84. The Kier molecular flexibility index (Phi) is 7.69. The van der Waals surface area contributed by atoms with Crippen molar-refractivity contribution < 1.29 is 0 Å². The zero-order valence-electron chi connectivity index (χ0n) is 12.3. The van der Waals surface area contributed by atoms with Gasteiger partial charge in [-0.1, -0.05) is 18.3 Å². The van der Waals surface area contributed by atoms with Crippen molar-refractivity contribution in [1.82, 2.24) is 5.32 Å². The molecule has 0 aliphatic rings. The zero-order chi connectivity index (χ0) is 15.5. The Hall–Kier alpha value is -2.26. The van der Waals surface area contributed by atoms with Gasteiger partial charge in [-0.05, 0) is 29.7 Å². The Labute approximate surface area is 130 Å². The molecule has 1 aromatic carbocycles. The molecule has 0 atom stereocenters. The van der Waals surface area contributed by atoms with Crippen LogP contribution >= 0.6 is 11.8 Å². The minimum absolute atomic E-state index is 0.509. The summed E-state index contributed by atoms with van der Waals surface area (Å²) in [5.74, 6) is 0. The second-order valence-corrected chi connectivity index (χ2v) is 5.13. The molecule has 0 saturated carbocycles. The number of hydrogen-bond donors (Lipinski definition) is 1. The summed E-state index contributed by atoms with van der Waals surface area (Å²) >= 11 is 1.40. The highest BCUT2D eigenvalue weighted by atomic mass is 32.2. The second kappa shape index (κ2) is 9.61. The maximum absolute atomic E-state index is 8.58. The summed E-state index contributed by atoms with van der Waals surface area (Å²) in [5, 5.41) is 22.1. The molecule has 0 heterocycles. The van der Waals surface area contributed by atoms with E-state index in [9.17, 15) is 0 Å². The lowest BCUT2D eigenvalue weighted by molar-refractivity contribution is 0.905. The lowest BCUT2D eigenvalue weighted by Crippen LogP contribution is -2.17. The van der Waals surface area contributed by atoms with E-state index in [0.717, 1.165) is 11.4 Å². The molecule has 1 rings (SSSR count). The third-order valence-corrected chi connectivity index (χ3v) is 3.19. The molecule has 5 nitrogen and oxygen atoms in total. The topological polar surface area (TPSA) is 63.8 Å². The molecule has 0 aliphatic heterocycles. The third-order valence-electron chi connectivity index (χ3n) is 2.57. The number of benzene rings is 1. The summed E-state index contributed by atoms with van der Waals surface area (Å²) < 4.78 is 0. The van der Waals surface area contributed by atoms with E-state index >= 15 is 0 Å². The molecule has 0 spiro atoms. The molecule has 0 aliphatic carbocycles. The number of anilines is 1. The molecule has 0 unspecified atom stereocenters. The van der Waals surface area contributed by atoms with Gasteiger partial charge in [-0.25, -0.2) is 0 Å². The van der Waals surface area contributed by atoms with E-state index in [0.29, 0.717) is 18.0 Å². The number of nitriles is 1. The van der Waals surface area contributed by atoms with Crippen molar-refractivity contribution in [3.05, 3.63) is 47.5 Å². The van der Waals surface area contributed by atoms with E-state index in [-0.39, 0.29) is 0 Å². The molecule has 1 N–H and O–H groups in total. The molecule has 0 bridgehead atoms. The Morgan fingerprint density at radius 1 is 1.48 bits per heavy atom. The van der Waals surface area contributed by atoms with Gasteiger partial charge in [0.05, 0.1) is 18.2 Å². The van der Waals surface area contributed by atoms with Crippen molar-refractivity contribution in [2.24, 2.45) is 10.2 Å². The number of thioether (sulfide) groups is 1. The smallest absolute Gasteiger partial charge is 0.116 e. The van der Waals surface area contributed by atoms with Crippen LogP contribution in [0.25, 0.3) is 0 Å². The van der Waals surface area contributed by atoms with Gasteiger partial charge in [0.2, 0.25) is 0 Å². The van der Waals surface area contributed by atoms with Crippen molar-refractivity contribution in [1.29, 1.82) is 5.26 Å². The molecule has 0 radical (unpaired) electrons. The molecule has 0 saturated heterocycles. The van der Waals surface area contributed by atoms with Crippen LogP contribution in [-0.4, -0.2) is 20.6 Å². The highest BCUT2D eigenvalue weighted by Crippen LogP contribution is 2.22. The van der Waals surface area contributed by atoms with Crippen LogP contribution in [-0.2, 0) is 0 Å². The van der Waals surface area contributed by atoms with E-state index in [1.54, 1.807) is 6.20 Å². The Morgan fingerprint density at radius 3 is 2.81 bits per heavy atom. The SMILES string of the molecule is C=C(N=Nc1ccc(N(C)CCC#N)cc1)S/C=C\NC. The largest absolute Gasteiger partial charge is 0.394 e. The second-order valence-electron chi connectivity index (χ2n) is 4.15. The number of nitrogens with zero attached hydrogens (tertiary/aromatic N) is 4. The van der Waals surface area contributed by atoms with Gasteiger partial charge < -0.3 is 10.2 Å². The normalized spacial score (nSPS) is 10.7. The minimum atomic E-state index is 0.509. The van der Waals surface area contributed by atoms with Crippen LogP contribution in [0.3, 0.4) is 0 Å². The van der Waals surface area contributed by atoms with Crippen molar-refractivity contribution in [2.75, 3.05) is 25.5 Å². The summed E-state index contributed by atoms with van der Waals surface area (Å²) in [7, 11) is 3.79. The summed E-state index contributed by atoms with van der Waals surface area (Å²) in [4.78, 5) is 2.03. The van der Waals surface area contributed by atoms with Crippen LogP contribution in [0.2, 0.25) is 0 Å². The Balaban J connectivity index is 2.56. The molecule has 0 amide bonds. The van der Waals surface area contributed by atoms with Crippen LogP contribution in [0.5, 0.6) is 0 Å². The van der Waals surface area contributed by atoms with Crippen LogP contribution in [0, 0.1) is 11.3 Å². The Morgan fingerprint density at radius 2 is 2.19 bits per heavy atom. The van der Waals surface area contributed by atoms with E-state index in [1.807, 2.05) is 48.7 Å². The predicted molar refractivity (Wildman–Crippen MR) is 89.4 cm³/mol. The first-order valence-corrected chi connectivity index (χ1v) is 7.33. The molecule has 0 fully saturated rings. The summed E-state index contributed by atoms with van der Waals surface area (Å²) in [6.45, 7) is 4.52. The molecule has 0 aromatic heterocycles. The van der Waals surface area contributed by atoms with Crippen molar-refractivity contribution in [3.8, 4) is 6.07 Å². The standard InChI is InChI=1S/C15H19N5S/c1-13(21-12-10-17-2)18-19-14-5-7-15(8-6-14)20(3)11-4-9-16/h5-8,10,12,17H,1,4,11H2,2-3H3/b12-10-,19-18?. The molecular weight excluding hydrogens is 282 g/mol. The first-order chi connectivity index (χ1) is 10.2. The average molecular weight is 301 g/mol. The van der Waals surface area contributed by atoms with E-state index in [1.165, 1.54) is 11.8 Å². The number of rotatable bonds is 8. The van der Waals surface area contributed by atoms with E-state index < -0.39 is 0 Å². The lowest BCUT2D eigenvalue weighted by Gasteiger charge is -2.17. The van der Waals surface area contributed by atoms with Gasteiger partial charge in [-0.15, -0.1) is 5.11 Å². The first kappa shape index (κ1) is 16.8. The molecular formula is C15H19N5S. The summed E-state index contributed by atoms with van der Waals surface area (Å²) in [5.41, 5.74) is 1.82. The van der Waals surface area contributed by atoms with Crippen LogP contribution in [0.1, 0.15) is 6.42 Å². The van der Waals surface area contributed by atoms with Crippen LogP contribution in [0.4, 0.5) is 11.4 Å². The molecule has 6 heteroatoms. The number of hydrogen-bond acceptors (Lipinski definition) is 6. The number of nitrogens with one attached hydrogen (secondary N) is 1. The fourth-order valence-corrected chi connectivity index (χ4v) is 1.89. The predicted octanol–water partition coefficient (Wildman–Crippen LogP) is 4.02. The van der Waals surface area contributed by atoms with Gasteiger partial charge in [0.25, 0.3) is 0 Å². The van der Waals surface area contributed by atoms with Gasteiger partial charge in [0, 0.05) is 32.5 Å². The van der Waals surface area contributed by atoms with Gasteiger partial charge in [-0.2, -0.15) is 10.4 Å². The highest BCUT2D eigenvalue weighted by molar-refractivity contribution is 8.05. The van der Waals surface area contributed by atoms with Crippen molar-refractivity contribution >= 4 is 23.1 Å². The van der Waals surface area contributed by atoms with Gasteiger partial charge >= 0.3 is 0 Å². The van der Waals surface area contributed by atoms with Crippen LogP contribution < -0.4 is 10.2 Å². The molecule has 110 valence electrons. The van der Waals surface area contributed by atoms with Gasteiger partial charge in [0.1, 0.15) is 5.03 Å². The minimum Gasteiger partial charge on any atom is -0.394 e. The lowest BCUT2D eigenvalue weighted by atomic mass is 10.2. The van der Waals surface area contributed by atoms with Crippen LogP contribution in [0.15, 0.2) is 57.7 Å². The van der Waals surface area contributed by atoms with Gasteiger partial charge in [-0.3, -0.25) is 0 Å². The fraction of sp³-hybridized carbons (Fsp3) is 0.267.